The predicted molar refractivity (Wildman–Crippen MR) is 84.2 cm³/mol. The molecule has 0 heterocycles. The minimum Gasteiger partial charge on any atom is -0.478 e. The van der Waals surface area contributed by atoms with Crippen LogP contribution in [0.5, 0.6) is 0 Å². The van der Waals surface area contributed by atoms with Crippen LogP contribution in [0.3, 0.4) is 0 Å². The number of anilines is 1. The second-order valence-electron chi connectivity index (χ2n) is 4.47. The van der Waals surface area contributed by atoms with Crippen molar-refractivity contribution in [2.45, 2.75) is 19.9 Å². The van der Waals surface area contributed by atoms with E-state index in [1.165, 1.54) is 11.1 Å². The smallest absolute Gasteiger partial charge is 0.337 e. The fourth-order valence-corrected chi connectivity index (χ4v) is 2.48. The van der Waals surface area contributed by atoms with Crippen LogP contribution in [0.15, 0.2) is 46.9 Å². The summed E-state index contributed by atoms with van der Waals surface area (Å²) in [6, 6.07) is 13.3. The Morgan fingerprint density at radius 1 is 1.20 bits per heavy atom. The van der Waals surface area contributed by atoms with Gasteiger partial charge in [-0.25, -0.2) is 4.79 Å². The Morgan fingerprint density at radius 2 is 1.90 bits per heavy atom. The third-order valence-electron chi connectivity index (χ3n) is 3.18. The predicted octanol–water partition coefficient (Wildman–Crippen LogP) is 4.32. The van der Waals surface area contributed by atoms with Gasteiger partial charge >= 0.3 is 5.97 Å². The van der Waals surface area contributed by atoms with E-state index in [0.29, 0.717) is 12.2 Å². The molecule has 20 heavy (non-hydrogen) atoms. The molecular weight excluding hydrogens is 318 g/mol. The van der Waals surface area contributed by atoms with E-state index >= 15 is 0 Å². The van der Waals surface area contributed by atoms with Gasteiger partial charge in [-0.15, -0.1) is 0 Å². The fraction of sp³-hybridized carbons (Fsp3) is 0.188. The van der Waals surface area contributed by atoms with Gasteiger partial charge in [0.15, 0.2) is 0 Å². The highest BCUT2D eigenvalue weighted by Gasteiger charge is 2.10. The van der Waals surface area contributed by atoms with E-state index in [1.54, 1.807) is 18.2 Å². The van der Waals surface area contributed by atoms with Gasteiger partial charge in [-0.3, -0.25) is 0 Å². The first kappa shape index (κ1) is 14.6. The molecule has 0 aliphatic carbocycles. The van der Waals surface area contributed by atoms with Crippen LogP contribution in [0.1, 0.15) is 28.4 Å². The number of benzene rings is 2. The first-order chi connectivity index (χ1) is 9.61. The Hall–Kier alpha value is -1.81. The van der Waals surface area contributed by atoms with Crippen molar-refractivity contribution in [2.75, 3.05) is 5.32 Å². The lowest BCUT2D eigenvalue weighted by Crippen LogP contribution is -2.07. The average molecular weight is 334 g/mol. The lowest BCUT2D eigenvalue weighted by Gasteiger charge is -2.12. The zero-order valence-electron chi connectivity index (χ0n) is 11.2. The first-order valence-electron chi connectivity index (χ1n) is 6.45. The van der Waals surface area contributed by atoms with Crippen molar-refractivity contribution in [1.82, 2.24) is 0 Å². The number of rotatable bonds is 5. The summed E-state index contributed by atoms with van der Waals surface area (Å²) in [7, 11) is 0. The minimum absolute atomic E-state index is 0.280. The summed E-state index contributed by atoms with van der Waals surface area (Å²) in [6.07, 6.45) is 0.960. The Bertz CT molecular complexity index is 626. The molecule has 0 aliphatic heterocycles. The van der Waals surface area contributed by atoms with E-state index < -0.39 is 5.97 Å². The molecule has 0 saturated carbocycles. The molecule has 2 N–H and O–H groups in total. The van der Waals surface area contributed by atoms with E-state index in [4.69, 9.17) is 0 Å². The Balaban J connectivity index is 2.22. The minimum atomic E-state index is -0.927. The Morgan fingerprint density at radius 3 is 2.55 bits per heavy atom. The summed E-state index contributed by atoms with van der Waals surface area (Å²) in [5, 5.41) is 12.4. The molecule has 0 unspecified atom stereocenters. The van der Waals surface area contributed by atoms with Crippen LogP contribution in [0.4, 0.5) is 5.69 Å². The van der Waals surface area contributed by atoms with Crippen LogP contribution in [0, 0.1) is 0 Å². The largest absolute Gasteiger partial charge is 0.478 e. The molecule has 0 aromatic heterocycles. The second-order valence-corrected chi connectivity index (χ2v) is 5.39. The highest BCUT2D eigenvalue weighted by Crippen LogP contribution is 2.22. The van der Waals surface area contributed by atoms with Crippen LogP contribution in [0.2, 0.25) is 0 Å². The number of aryl methyl sites for hydroxylation is 1. The van der Waals surface area contributed by atoms with Gasteiger partial charge in [0.05, 0.1) is 11.3 Å². The summed E-state index contributed by atoms with van der Waals surface area (Å²) in [4.78, 5) is 11.2. The monoisotopic (exact) mass is 333 g/mol. The highest BCUT2D eigenvalue weighted by molar-refractivity contribution is 9.10. The van der Waals surface area contributed by atoms with Gasteiger partial charge in [-0.05, 0) is 35.7 Å². The maximum Gasteiger partial charge on any atom is 0.337 e. The molecule has 0 bridgehead atoms. The van der Waals surface area contributed by atoms with Gasteiger partial charge < -0.3 is 10.4 Å². The van der Waals surface area contributed by atoms with Crippen molar-refractivity contribution in [3.63, 3.8) is 0 Å². The fourth-order valence-electron chi connectivity index (χ4n) is 2.11. The van der Waals surface area contributed by atoms with Crippen molar-refractivity contribution in [3.05, 3.63) is 63.6 Å². The maximum absolute atomic E-state index is 11.2. The van der Waals surface area contributed by atoms with E-state index in [9.17, 15) is 9.90 Å². The lowest BCUT2D eigenvalue weighted by atomic mass is 10.1. The number of carboxylic acid groups (broad SMARTS) is 1. The third-order valence-corrected chi connectivity index (χ3v) is 3.67. The van der Waals surface area contributed by atoms with Crippen molar-refractivity contribution in [2.24, 2.45) is 0 Å². The number of halogens is 1. The Labute approximate surface area is 126 Å². The zero-order chi connectivity index (χ0) is 14.5. The topological polar surface area (TPSA) is 49.3 Å². The van der Waals surface area contributed by atoms with Crippen LogP contribution in [-0.4, -0.2) is 11.1 Å². The summed E-state index contributed by atoms with van der Waals surface area (Å²) < 4.78 is 0.855. The van der Waals surface area contributed by atoms with Gasteiger partial charge in [0, 0.05) is 11.0 Å². The van der Waals surface area contributed by atoms with E-state index in [2.05, 4.69) is 40.3 Å². The standard InChI is InChI=1S/C16H16BrNO2/c1-2-11-5-3-4-6-12(11)10-18-15-9-13(17)7-8-14(15)16(19)20/h3-9,18H,2,10H2,1H3,(H,19,20). The van der Waals surface area contributed by atoms with Crippen LogP contribution < -0.4 is 5.32 Å². The number of nitrogens with one attached hydrogen (secondary N) is 1. The highest BCUT2D eigenvalue weighted by atomic mass is 79.9. The maximum atomic E-state index is 11.2. The SMILES string of the molecule is CCc1ccccc1CNc1cc(Br)ccc1C(=O)O. The molecule has 2 aromatic rings. The van der Waals surface area contributed by atoms with E-state index in [1.807, 2.05) is 12.1 Å². The molecule has 0 atom stereocenters. The van der Waals surface area contributed by atoms with E-state index in [0.717, 1.165) is 10.9 Å². The molecule has 0 aliphatic rings. The number of carbonyl (C=O) groups is 1. The lowest BCUT2D eigenvalue weighted by molar-refractivity contribution is 0.0698. The van der Waals surface area contributed by atoms with Gasteiger partial charge in [0.25, 0.3) is 0 Å². The number of hydrogen-bond acceptors (Lipinski definition) is 2. The Kier molecular flexibility index (Phi) is 4.79. The third kappa shape index (κ3) is 3.39. The van der Waals surface area contributed by atoms with E-state index in [-0.39, 0.29) is 5.56 Å². The molecule has 2 aromatic carbocycles. The van der Waals surface area contributed by atoms with Crippen LogP contribution in [-0.2, 0) is 13.0 Å². The van der Waals surface area contributed by atoms with Gasteiger partial charge in [0.1, 0.15) is 0 Å². The summed E-state index contributed by atoms with van der Waals surface area (Å²) in [6.45, 7) is 2.72. The quantitative estimate of drug-likeness (QED) is 0.856. The number of carboxylic acids is 1. The van der Waals surface area contributed by atoms with Crippen molar-refractivity contribution in [1.29, 1.82) is 0 Å². The van der Waals surface area contributed by atoms with Gasteiger partial charge in [-0.2, -0.15) is 0 Å². The molecule has 0 amide bonds. The number of aromatic carboxylic acids is 1. The first-order valence-corrected chi connectivity index (χ1v) is 7.24. The van der Waals surface area contributed by atoms with Crippen LogP contribution in [0.25, 0.3) is 0 Å². The molecule has 104 valence electrons. The van der Waals surface area contributed by atoms with Crippen molar-refractivity contribution < 1.29 is 9.90 Å². The molecular formula is C16H16BrNO2. The van der Waals surface area contributed by atoms with Gasteiger partial charge in [-0.1, -0.05) is 47.1 Å². The van der Waals surface area contributed by atoms with Crippen molar-refractivity contribution in [3.8, 4) is 0 Å². The molecule has 0 spiro atoms. The molecule has 0 fully saturated rings. The molecule has 4 heteroatoms. The van der Waals surface area contributed by atoms with Gasteiger partial charge in [0.2, 0.25) is 0 Å². The molecule has 2 rings (SSSR count). The normalized spacial score (nSPS) is 10.3. The van der Waals surface area contributed by atoms with Crippen LogP contribution >= 0.6 is 15.9 Å². The summed E-state index contributed by atoms with van der Waals surface area (Å²) in [5.74, 6) is -0.927. The molecule has 0 saturated heterocycles. The summed E-state index contributed by atoms with van der Waals surface area (Å²) in [5.41, 5.74) is 3.36. The average Bonchev–Trinajstić information content (AvgIpc) is 2.45. The molecule has 0 radical (unpaired) electrons. The summed E-state index contributed by atoms with van der Waals surface area (Å²) >= 11 is 3.37. The molecule has 3 nitrogen and oxygen atoms in total. The second kappa shape index (κ2) is 6.57. The number of hydrogen-bond donors (Lipinski definition) is 2. The zero-order valence-corrected chi connectivity index (χ0v) is 12.8. The van der Waals surface area contributed by atoms with Crippen molar-refractivity contribution >= 4 is 27.6 Å².